The lowest BCUT2D eigenvalue weighted by atomic mass is 9.97. The van der Waals surface area contributed by atoms with Crippen molar-refractivity contribution in [2.45, 2.75) is 30.8 Å². The van der Waals surface area contributed by atoms with Gasteiger partial charge in [-0.3, -0.25) is 10.1 Å². The quantitative estimate of drug-likeness (QED) is 0.551. The highest BCUT2D eigenvalue weighted by Gasteiger charge is 2.42. The number of ether oxygens (including phenoxy) is 1. The zero-order valence-corrected chi connectivity index (χ0v) is 7.01. The first-order valence-electron chi connectivity index (χ1n) is 4.37. The molecule has 4 heteroatoms. The fourth-order valence-electron chi connectivity index (χ4n) is 2.07. The predicted octanol–water partition coefficient (Wildman–Crippen LogP) is -0.617. The second kappa shape index (κ2) is 2.71. The van der Waals surface area contributed by atoms with Crippen LogP contribution in [0.4, 0.5) is 0 Å². The number of primary amides is 1. The van der Waals surface area contributed by atoms with Crippen LogP contribution >= 0.6 is 0 Å². The number of hydrogen-bond donors (Lipinski definition) is 2. The van der Waals surface area contributed by atoms with Crippen molar-refractivity contribution in [3.8, 4) is 0 Å². The van der Waals surface area contributed by atoms with Crippen molar-refractivity contribution in [2.24, 2.45) is 5.73 Å². The van der Waals surface area contributed by atoms with E-state index in [1.165, 1.54) is 0 Å². The van der Waals surface area contributed by atoms with Gasteiger partial charge in [0.25, 0.3) is 0 Å². The monoisotopic (exact) mass is 170 g/mol. The number of carbonyl (C=O) groups excluding carboxylic acids is 1. The van der Waals surface area contributed by atoms with Gasteiger partial charge in [-0.05, 0) is 19.3 Å². The van der Waals surface area contributed by atoms with Crippen molar-refractivity contribution in [3.05, 3.63) is 0 Å². The molecule has 2 heterocycles. The van der Waals surface area contributed by atoms with Gasteiger partial charge in [0.2, 0.25) is 5.91 Å². The summed E-state index contributed by atoms with van der Waals surface area (Å²) >= 11 is 0. The van der Waals surface area contributed by atoms with Gasteiger partial charge in [-0.25, -0.2) is 0 Å². The maximum Gasteiger partial charge on any atom is 0.234 e. The number of rotatable bonds is 1. The van der Waals surface area contributed by atoms with Crippen LogP contribution < -0.4 is 11.1 Å². The average molecular weight is 170 g/mol. The third-order valence-electron chi connectivity index (χ3n) is 2.84. The van der Waals surface area contributed by atoms with E-state index in [2.05, 4.69) is 5.32 Å². The second-order valence-electron chi connectivity index (χ2n) is 3.72. The Morgan fingerprint density at radius 3 is 2.92 bits per heavy atom. The Labute approximate surface area is 71.4 Å². The lowest BCUT2D eigenvalue weighted by Crippen LogP contribution is -2.48. The molecule has 0 aliphatic carbocycles. The van der Waals surface area contributed by atoms with Gasteiger partial charge in [0.15, 0.2) is 0 Å². The first kappa shape index (κ1) is 8.01. The van der Waals surface area contributed by atoms with E-state index >= 15 is 0 Å². The maximum absolute atomic E-state index is 10.9. The minimum atomic E-state index is -0.237. The molecule has 0 aromatic rings. The fourth-order valence-corrected chi connectivity index (χ4v) is 2.07. The molecule has 4 nitrogen and oxygen atoms in total. The molecule has 12 heavy (non-hydrogen) atoms. The van der Waals surface area contributed by atoms with Gasteiger partial charge < -0.3 is 10.5 Å². The van der Waals surface area contributed by atoms with Gasteiger partial charge in [0.1, 0.15) is 0 Å². The predicted molar refractivity (Wildman–Crippen MR) is 43.5 cm³/mol. The Kier molecular flexibility index (Phi) is 1.81. The summed E-state index contributed by atoms with van der Waals surface area (Å²) in [6.45, 7) is 1.54. The Balaban J connectivity index is 2.01. The molecule has 0 aromatic heterocycles. The van der Waals surface area contributed by atoms with Crippen LogP contribution in [0.5, 0.6) is 0 Å². The highest BCUT2D eigenvalue weighted by Crippen LogP contribution is 2.30. The summed E-state index contributed by atoms with van der Waals surface area (Å²) in [6, 6.07) is -0.133. The van der Waals surface area contributed by atoms with E-state index in [0.29, 0.717) is 0 Å². The first-order chi connectivity index (χ1) is 5.72. The van der Waals surface area contributed by atoms with E-state index in [1.807, 2.05) is 0 Å². The van der Waals surface area contributed by atoms with E-state index < -0.39 is 0 Å². The van der Waals surface area contributed by atoms with Gasteiger partial charge in [-0.15, -0.1) is 0 Å². The SMILES string of the molecule is NC(=O)C1CCC2(CCOC2)N1. The van der Waals surface area contributed by atoms with Crippen LogP contribution in [0.2, 0.25) is 0 Å². The summed E-state index contributed by atoms with van der Waals surface area (Å²) in [7, 11) is 0. The summed E-state index contributed by atoms with van der Waals surface area (Å²) in [5, 5.41) is 3.27. The Bertz CT molecular complexity index is 199. The van der Waals surface area contributed by atoms with Crippen molar-refractivity contribution in [3.63, 3.8) is 0 Å². The molecule has 2 atom stereocenters. The molecular formula is C8H14N2O2. The molecule has 2 rings (SSSR count). The van der Waals surface area contributed by atoms with Gasteiger partial charge in [-0.2, -0.15) is 0 Å². The normalized spacial score (nSPS) is 40.8. The molecule has 68 valence electrons. The number of carbonyl (C=O) groups is 1. The number of nitrogens with one attached hydrogen (secondary N) is 1. The second-order valence-corrected chi connectivity index (χ2v) is 3.72. The Hall–Kier alpha value is -0.610. The van der Waals surface area contributed by atoms with Gasteiger partial charge in [0, 0.05) is 12.1 Å². The van der Waals surface area contributed by atoms with Crippen LogP contribution in [-0.2, 0) is 9.53 Å². The Morgan fingerprint density at radius 1 is 1.58 bits per heavy atom. The molecule has 0 radical (unpaired) electrons. The summed E-state index contributed by atoms with van der Waals surface area (Å²) in [5.41, 5.74) is 5.28. The summed E-state index contributed by atoms with van der Waals surface area (Å²) < 4.78 is 5.30. The minimum absolute atomic E-state index is 0.0691. The molecule has 1 spiro atoms. The molecule has 2 aliphatic heterocycles. The molecule has 0 bridgehead atoms. The van der Waals surface area contributed by atoms with Crippen molar-refractivity contribution in [2.75, 3.05) is 13.2 Å². The number of amides is 1. The van der Waals surface area contributed by atoms with E-state index in [4.69, 9.17) is 10.5 Å². The summed E-state index contributed by atoms with van der Waals surface area (Å²) in [4.78, 5) is 10.9. The average Bonchev–Trinajstić information content (AvgIpc) is 2.62. The fraction of sp³-hybridized carbons (Fsp3) is 0.875. The topological polar surface area (TPSA) is 64.4 Å². The highest BCUT2D eigenvalue weighted by molar-refractivity contribution is 5.80. The largest absolute Gasteiger partial charge is 0.379 e. The van der Waals surface area contributed by atoms with Gasteiger partial charge in [-0.1, -0.05) is 0 Å². The van der Waals surface area contributed by atoms with Crippen molar-refractivity contribution < 1.29 is 9.53 Å². The van der Waals surface area contributed by atoms with E-state index in [-0.39, 0.29) is 17.5 Å². The van der Waals surface area contributed by atoms with Crippen LogP contribution in [0.15, 0.2) is 0 Å². The first-order valence-corrected chi connectivity index (χ1v) is 4.37. The van der Waals surface area contributed by atoms with Crippen molar-refractivity contribution in [1.82, 2.24) is 5.32 Å². The van der Waals surface area contributed by atoms with Gasteiger partial charge in [0.05, 0.1) is 12.6 Å². The smallest absolute Gasteiger partial charge is 0.234 e. The highest BCUT2D eigenvalue weighted by atomic mass is 16.5. The van der Waals surface area contributed by atoms with Crippen LogP contribution in [0.1, 0.15) is 19.3 Å². The molecular weight excluding hydrogens is 156 g/mol. The zero-order chi connectivity index (χ0) is 8.60. The summed E-state index contributed by atoms with van der Waals surface area (Å²) in [5.74, 6) is -0.237. The standard InChI is InChI=1S/C8H14N2O2/c9-7(11)6-1-2-8(10-6)3-4-12-5-8/h6,10H,1-5H2,(H2,9,11). The minimum Gasteiger partial charge on any atom is -0.379 e. The maximum atomic E-state index is 10.9. The van der Waals surface area contributed by atoms with E-state index in [9.17, 15) is 4.79 Å². The third-order valence-corrected chi connectivity index (χ3v) is 2.84. The molecule has 0 saturated carbocycles. The van der Waals surface area contributed by atoms with Crippen LogP contribution in [0, 0.1) is 0 Å². The lowest BCUT2D eigenvalue weighted by Gasteiger charge is -2.21. The summed E-state index contributed by atoms with van der Waals surface area (Å²) in [6.07, 6.45) is 2.88. The third kappa shape index (κ3) is 1.21. The zero-order valence-electron chi connectivity index (χ0n) is 7.01. The van der Waals surface area contributed by atoms with Gasteiger partial charge >= 0.3 is 0 Å². The molecule has 2 fully saturated rings. The molecule has 2 aliphatic rings. The van der Waals surface area contributed by atoms with Crippen LogP contribution in [0.3, 0.4) is 0 Å². The van der Waals surface area contributed by atoms with Crippen LogP contribution in [-0.4, -0.2) is 30.7 Å². The van der Waals surface area contributed by atoms with Crippen LogP contribution in [0.25, 0.3) is 0 Å². The Morgan fingerprint density at radius 2 is 2.42 bits per heavy atom. The molecule has 1 amide bonds. The van der Waals surface area contributed by atoms with Crippen molar-refractivity contribution >= 4 is 5.91 Å². The molecule has 2 unspecified atom stereocenters. The number of hydrogen-bond acceptors (Lipinski definition) is 3. The van der Waals surface area contributed by atoms with Crippen molar-refractivity contribution in [1.29, 1.82) is 0 Å². The van der Waals surface area contributed by atoms with E-state index in [1.54, 1.807) is 0 Å². The number of nitrogens with two attached hydrogens (primary N) is 1. The van der Waals surface area contributed by atoms with E-state index in [0.717, 1.165) is 32.5 Å². The molecule has 0 aromatic carbocycles. The molecule has 3 N–H and O–H groups in total. The molecule has 2 saturated heterocycles. The lowest BCUT2D eigenvalue weighted by molar-refractivity contribution is -0.119.